The minimum Gasteiger partial charge on any atom is -0.378 e. The van der Waals surface area contributed by atoms with Gasteiger partial charge in [-0.25, -0.2) is 0 Å². The number of hydrogen-bond acceptors (Lipinski definition) is 5. The highest BCUT2D eigenvalue weighted by molar-refractivity contribution is 5.94. The van der Waals surface area contributed by atoms with E-state index in [0.29, 0.717) is 17.8 Å². The van der Waals surface area contributed by atoms with Gasteiger partial charge in [-0.3, -0.25) is 9.69 Å². The number of nitriles is 1. The van der Waals surface area contributed by atoms with Crippen LogP contribution < -0.4 is 10.2 Å². The number of para-hydroxylation sites is 1. The van der Waals surface area contributed by atoms with Crippen LogP contribution in [-0.2, 0) is 16.1 Å². The third-order valence-corrected chi connectivity index (χ3v) is 5.06. The highest BCUT2D eigenvalue weighted by Gasteiger charge is 2.21. The van der Waals surface area contributed by atoms with E-state index < -0.39 is 0 Å². The molecule has 146 valence electrons. The number of likely N-dealkylation sites (N-methyl/N-ethyl adjacent to an activating group) is 1. The number of nitrogens with one attached hydrogen (secondary N) is 1. The zero-order chi connectivity index (χ0) is 19.9. The van der Waals surface area contributed by atoms with Crippen LogP contribution in [0.1, 0.15) is 18.1 Å². The van der Waals surface area contributed by atoms with E-state index in [1.54, 1.807) is 24.3 Å². The van der Waals surface area contributed by atoms with Crippen LogP contribution in [0.15, 0.2) is 48.5 Å². The van der Waals surface area contributed by atoms with Crippen LogP contribution in [0, 0.1) is 11.3 Å². The van der Waals surface area contributed by atoms with Crippen LogP contribution >= 0.6 is 0 Å². The van der Waals surface area contributed by atoms with Gasteiger partial charge in [0.1, 0.15) is 0 Å². The van der Waals surface area contributed by atoms with E-state index in [4.69, 9.17) is 10.00 Å². The van der Waals surface area contributed by atoms with Crippen molar-refractivity contribution in [3.63, 3.8) is 0 Å². The van der Waals surface area contributed by atoms with Gasteiger partial charge in [0.25, 0.3) is 0 Å². The SMILES string of the molecule is C[C@@H](C(=O)Nc1cccc(C#N)c1)N(C)Cc1ccccc1N1CCOCC1. The highest BCUT2D eigenvalue weighted by atomic mass is 16.5. The van der Waals surface area contributed by atoms with Crippen LogP contribution in [0.3, 0.4) is 0 Å². The Morgan fingerprint density at radius 3 is 2.75 bits per heavy atom. The van der Waals surface area contributed by atoms with Gasteiger partial charge < -0.3 is 15.0 Å². The maximum Gasteiger partial charge on any atom is 0.241 e. The molecule has 0 aromatic heterocycles. The topological polar surface area (TPSA) is 68.6 Å². The Morgan fingerprint density at radius 2 is 2.00 bits per heavy atom. The largest absolute Gasteiger partial charge is 0.378 e. The summed E-state index contributed by atoms with van der Waals surface area (Å²) in [5.74, 6) is -0.0959. The van der Waals surface area contributed by atoms with Gasteiger partial charge in [-0.15, -0.1) is 0 Å². The summed E-state index contributed by atoms with van der Waals surface area (Å²) < 4.78 is 5.46. The normalized spacial score (nSPS) is 15.1. The molecule has 6 heteroatoms. The van der Waals surface area contributed by atoms with Crippen molar-refractivity contribution in [3.8, 4) is 6.07 Å². The molecule has 0 aliphatic carbocycles. The van der Waals surface area contributed by atoms with Gasteiger partial charge in [-0.2, -0.15) is 5.26 Å². The van der Waals surface area contributed by atoms with Crippen LogP contribution in [-0.4, -0.2) is 50.2 Å². The number of morpholine rings is 1. The Labute approximate surface area is 166 Å². The second-order valence-corrected chi connectivity index (χ2v) is 7.00. The molecule has 1 heterocycles. The number of amides is 1. The van der Waals surface area contributed by atoms with Crippen molar-refractivity contribution in [1.29, 1.82) is 5.26 Å². The van der Waals surface area contributed by atoms with Crippen LogP contribution in [0.2, 0.25) is 0 Å². The fourth-order valence-electron chi connectivity index (χ4n) is 3.28. The molecule has 28 heavy (non-hydrogen) atoms. The first-order valence-corrected chi connectivity index (χ1v) is 9.50. The number of hydrogen-bond donors (Lipinski definition) is 1. The molecule has 1 N–H and O–H groups in total. The van der Waals surface area contributed by atoms with Gasteiger partial charge in [0.2, 0.25) is 5.91 Å². The van der Waals surface area contributed by atoms with Crippen molar-refractivity contribution in [2.24, 2.45) is 0 Å². The Bertz CT molecular complexity index is 856. The Balaban J connectivity index is 1.66. The second kappa shape index (κ2) is 9.36. The van der Waals surface area contributed by atoms with Gasteiger partial charge in [-0.1, -0.05) is 24.3 Å². The molecule has 2 aromatic rings. The third kappa shape index (κ3) is 4.89. The fourth-order valence-corrected chi connectivity index (χ4v) is 3.28. The molecule has 0 radical (unpaired) electrons. The maximum atomic E-state index is 12.7. The van der Waals surface area contributed by atoms with Crippen molar-refractivity contribution in [2.75, 3.05) is 43.6 Å². The Hall–Kier alpha value is -2.88. The average molecular weight is 378 g/mol. The van der Waals surface area contributed by atoms with Crippen LogP contribution in [0.25, 0.3) is 0 Å². The van der Waals surface area contributed by atoms with Crippen molar-refractivity contribution in [2.45, 2.75) is 19.5 Å². The molecular weight excluding hydrogens is 352 g/mol. The molecule has 1 amide bonds. The summed E-state index contributed by atoms with van der Waals surface area (Å²) in [6.07, 6.45) is 0. The first-order chi connectivity index (χ1) is 13.6. The molecule has 0 unspecified atom stereocenters. The molecule has 0 saturated carbocycles. The van der Waals surface area contributed by atoms with Gasteiger partial charge in [-0.05, 0) is 43.8 Å². The number of ether oxygens (including phenoxy) is 1. The zero-order valence-corrected chi connectivity index (χ0v) is 16.4. The molecule has 6 nitrogen and oxygen atoms in total. The van der Waals surface area contributed by atoms with Crippen molar-refractivity contribution < 1.29 is 9.53 Å². The second-order valence-electron chi connectivity index (χ2n) is 7.00. The van der Waals surface area contributed by atoms with E-state index in [1.165, 1.54) is 11.3 Å². The summed E-state index contributed by atoms with van der Waals surface area (Å²) in [6.45, 7) is 5.80. The van der Waals surface area contributed by atoms with Crippen LogP contribution in [0.5, 0.6) is 0 Å². The summed E-state index contributed by atoms with van der Waals surface area (Å²) in [5.41, 5.74) is 3.56. The summed E-state index contributed by atoms with van der Waals surface area (Å²) in [5, 5.41) is 11.9. The molecule has 0 bridgehead atoms. The number of rotatable bonds is 6. The predicted octanol–water partition coefficient (Wildman–Crippen LogP) is 2.85. The lowest BCUT2D eigenvalue weighted by molar-refractivity contribution is -0.120. The molecule has 1 fully saturated rings. The van der Waals surface area contributed by atoms with Gasteiger partial charge >= 0.3 is 0 Å². The van der Waals surface area contributed by atoms with Crippen molar-refractivity contribution in [3.05, 3.63) is 59.7 Å². The quantitative estimate of drug-likeness (QED) is 0.837. The molecule has 3 rings (SSSR count). The monoisotopic (exact) mass is 378 g/mol. The smallest absolute Gasteiger partial charge is 0.241 e. The highest BCUT2D eigenvalue weighted by Crippen LogP contribution is 2.23. The zero-order valence-electron chi connectivity index (χ0n) is 16.4. The molecule has 1 saturated heterocycles. The van der Waals surface area contributed by atoms with Crippen molar-refractivity contribution >= 4 is 17.3 Å². The summed E-state index contributed by atoms with van der Waals surface area (Å²) in [7, 11) is 1.95. The molecule has 1 aliphatic heterocycles. The third-order valence-electron chi connectivity index (χ3n) is 5.06. The lowest BCUT2D eigenvalue weighted by Crippen LogP contribution is -2.40. The van der Waals surface area contributed by atoms with Crippen LogP contribution in [0.4, 0.5) is 11.4 Å². The van der Waals surface area contributed by atoms with E-state index in [-0.39, 0.29) is 11.9 Å². The lowest BCUT2D eigenvalue weighted by Gasteiger charge is -2.32. The average Bonchev–Trinajstić information content (AvgIpc) is 2.74. The fraction of sp³-hybridized carbons (Fsp3) is 0.364. The first-order valence-electron chi connectivity index (χ1n) is 9.50. The van der Waals surface area contributed by atoms with E-state index in [2.05, 4.69) is 28.4 Å². The number of benzene rings is 2. The number of carbonyl (C=O) groups is 1. The van der Waals surface area contributed by atoms with Gasteiger partial charge in [0.05, 0.1) is 30.9 Å². The Kier molecular flexibility index (Phi) is 6.64. The summed E-state index contributed by atoms with van der Waals surface area (Å²) in [6, 6.07) is 17.0. The minimum absolute atomic E-state index is 0.0959. The standard InChI is InChI=1S/C22H26N4O2/c1-17(22(27)24-20-8-5-6-18(14-20)15-23)25(2)16-19-7-3-4-9-21(19)26-10-12-28-13-11-26/h3-9,14,17H,10-13,16H2,1-2H3,(H,24,27)/t17-/m0/s1. The van der Waals surface area contributed by atoms with E-state index in [0.717, 1.165) is 26.3 Å². The number of nitrogens with zero attached hydrogens (tertiary/aromatic N) is 3. The van der Waals surface area contributed by atoms with Gasteiger partial charge in [0, 0.05) is 31.0 Å². The molecular formula is C22H26N4O2. The van der Waals surface area contributed by atoms with E-state index in [1.807, 2.05) is 31.0 Å². The Morgan fingerprint density at radius 1 is 1.25 bits per heavy atom. The predicted molar refractivity (Wildman–Crippen MR) is 110 cm³/mol. The van der Waals surface area contributed by atoms with Gasteiger partial charge in [0.15, 0.2) is 0 Å². The molecule has 1 aliphatic rings. The first kappa shape index (κ1) is 19.9. The van der Waals surface area contributed by atoms with E-state index in [9.17, 15) is 4.79 Å². The minimum atomic E-state index is -0.316. The summed E-state index contributed by atoms with van der Waals surface area (Å²) in [4.78, 5) is 17.0. The summed E-state index contributed by atoms with van der Waals surface area (Å²) >= 11 is 0. The number of anilines is 2. The molecule has 2 aromatic carbocycles. The van der Waals surface area contributed by atoms with E-state index >= 15 is 0 Å². The number of carbonyl (C=O) groups excluding carboxylic acids is 1. The maximum absolute atomic E-state index is 12.7. The molecule has 1 atom stereocenters. The lowest BCUT2D eigenvalue weighted by atomic mass is 10.1. The molecule has 0 spiro atoms. The van der Waals surface area contributed by atoms with Crippen molar-refractivity contribution in [1.82, 2.24) is 4.90 Å².